The minimum atomic E-state index is -2.88. The van der Waals surface area contributed by atoms with Crippen LogP contribution in [-0.4, -0.2) is 45.1 Å². The molecule has 0 amide bonds. The molecular formula is C21H19Cl6N3O4Si. The first-order valence-corrected chi connectivity index (χ1v) is 13.8. The van der Waals surface area contributed by atoms with E-state index >= 15 is 0 Å². The number of nitrogens with zero attached hydrogens (tertiary/aromatic N) is 3. The summed E-state index contributed by atoms with van der Waals surface area (Å²) in [5.41, 5.74) is 1.52. The highest BCUT2D eigenvalue weighted by atomic mass is 35.6. The maximum atomic E-state index is 5.93. The summed E-state index contributed by atoms with van der Waals surface area (Å²) in [7, 11) is 1.81. The number of halogens is 6. The quantitative estimate of drug-likeness (QED) is 0.232. The van der Waals surface area contributed by atoms with Gasteiger partial charge >= 0.3 is 8.80 Å². The lowest BCUT2D eigenvalue weighted by Gasteiger charge is -2.24. The third-order valence-corrected chi connectivity index (χ3v) is 8.44. The van der Waals surface area contributed by atoms with E-state index in [2.05, 4.69) is 15.0 Å². The molecule has 1 aromatic heterocycles. The third kappa shape index (κ3) is 7.10. The molecule has 0 bridgehead atoms. The molecule has 0 aliphatic carbocycles. The second kappa shape index (κ2) is 11.6. The highest BCUT2D eigenvalue weighted by molar-refractivity contribution is 6.75. The van der Waals surface area contributed by atoms with Crippen LogP contribution in [0.1, 0.15) is 17.2 Å². The van der Waals surface area contributed by atoms with Crippen LogP contribution in [0.15, 0.2) is 48.5 Å². The number of alkyl halides is 6. The average molecular weight is 618 g/mol. The van der Waals surface area contributed by atoms with Crippen LogP contribution in [0.4, 0.5) is 0 Å². The second-order valence-corrected chi connectivity index (χ2v) is 14.5. The van der Waals surface area contributed by atoms with E-state index in [9.17, 15) is 0 Å². The standard InChI is InChI=1S/C21H19Cl6N3O4Si/c1-31-35(32-2,33-3)16-10-4-13(5-11-16)12-34-15-8-6-14(7-9-15)17-28-18(20(22,23)24)30-19(29-17)21(25,26)27/h4-11H,12H2,1-3H3. The fourth-order valence-electron chi connectivity index (χ4n) is 3.03. The second-order valence-electron chi connectivity index (χ2n) is 6.98. The van der Waals surface area contributed by atoms with E-state index in [4.69, 9.17) is 87.6 Å². The van der Waals surface area contributed by atoms with Crippen molar-refractivity contribution in [2.24, 2.45) is 0 Å². The van der Waals surface area contributed by atoms with Crippen molar-refractivity contribution < 1.29 is 18.0 Å². The largest absolute Gasteiger partial charge is 0.536 e. The maximum absolute atomic E-state index is 5.93. The summed E-state index contributed by atoms with van der Waals surface area (Å²) in [6.07, 6.45) is 0. The van der Waals surface area contributed by atoms with Crippen LogP contribution in [0, 0.1) is 0 Å². The summed E-state index contributed by atoms with van der Waals surface area (Å²) in [5.74, 6) is 0.455. The molecule has 0 aliphatic rings. The van der Waals surface area contributed by atoms with Gasteiger partial charge in [0, 0.05) is 32.1 Å². The van der Waals surface area contributed by atoms with Crippen LogP contribution in [0.3, 0.4) is 0 Å². The van der Waals surface area contributed by atoms with E-state index in [1.54, 1.807) is 45.6 Å². The summed E-state index contributed by atoms with van der Waals surface area (Å²) in [4.78, 5) is 12.4. The minimum Gasteiger partial charge on any atom is -0.489 e. The van der Waals surface area contributed by atoms with Gasteiger partial charge in [-0.2, -0.15) is 0 Å². The Kier molecular flexibility index (Phi) is 9.53. The number of hydrogen-bond donors (Lipinski definition) is 0. The Morgan fingerprint density at radius 3 is 1.60 bits per heavy atom. The molecule has 2 aromatic carbocycles. The molecule has 0 spiro atoms. The summed E-state index contributed by atoms with van der Waals surface area (Å²) in [6.45, 7) is 0.335. The molecular weight excluding hydrogens is 599 g/mol. The van der Waals surface area contributed by atoms with Gasteiger partial charge in [-0.1, -0.05) is 93.9 Å². The smallest absolute Gasteiger partial charge is 0.489 e. The molecule has 188 valence electrons. The van der Waals surface area contributed by atoms with Gasteiger partial charge in [-0.05, 0) is 29.8 Å². The Balaban J connectivity index is 1.76. The lowest BCUT2D eigenvalue weighted by molar-refractivity contribution is 0.140. The normalized spacial score (nSPS) is 12.6. The maximum Gasteiger partial charge on any atom is 0.536 e. The van der Waals surface area contributed by atoms with Crippen molar-refractivity contribution in [2.75, 3.05) is 21.3 Å². The van der Waals surface area contributed by atoms with Gasteiger partial charge < -0.3 is 18.0 Å². The summed E-state index contributed by atoms with van der Waals surface area (Å²) in [5, 5.41) is 0.846. The van der Waals surface area contributed by atoms with Crippen LogP contribution in [-0.2, 0) is 27.5 Å². The molecule has 0 saturated heterocycles. The predicted octanol–water partition coefficient (Wildman–Crippen LogP) is 5.86. The molecule has 3 rings (SSSR count). The molecule has 0 fully saturated rings. The van der Waals surface area contributed by atoms with Gasteiger partial charge in [0.05, 0.1) is 0 Å². The topological polar surface area (TPSA) is 75.6 Å². The Bertz CT molecular complexity index is 1100. The number of aromatic nitrogens is 3. The van der Waals surface area contributed by atoms with Crippen molar-refractivity contribution in [1.82, 2.24) is 15.0 Å². The van der Waals surface area contributed by atoms with Gasteiger partial charge in [0.1, 0.15) is 12.4 Å². The first-order chi connectivity index (χ1) is 16.4. The third-order valence-electron chi connectivity index (χ3n) is 4.77. The molecule has 0 atom stereocenters. The summed E-state index contributed by atoms with van der Waals surface area (Å²) >= 11 is 35.6. The van der Waals surface area contributed by atoms with Crippen LogP contribution in [0.2, 0.25) is 0 Å². The van der Waals surface area contributed by atoms with Crippen molar-refractivity contribution in [2.45, 2.75) is 14.2 Å². The molecule has 0 unspecified atom stereocenters. The SMILES string of the molecule is CO[Si](OC)(OC)c1ccc(COc2ccc(-c3nc(C(Cl)(Cl)Cl)nc(C(Cl)(Cl)Cl)n3)cc2)cc1. The Labute approximate surface area is 233 Å². The number of rotatable bonds is 8. The van der Waals surface area contributed by atoms with Crippen LogP contribution in [0.25, 0.3) is 11.4 Å². The first-order valence-electron chi connectivity index (χ1n) is 9.80. The molecule has 0 N–H and O–H groups in total. The molecule has 35 heavy (non-hydrogen) atoms. The summed E-state index contributed by atoms with van der Waals surface area (Å²) < 4.78 is 18.5. The van der Waals surface area contributed by atoms with E-state index in [-0.39, 0.29) is 17.5 Å². The van der Waals surface area contributed by atoms with E-state index in [1.165, 1.54) is 0 Å². The van der Waals surface area contributed by atoms with E-state index in [1.807, 2.05) is 24.3 Å². The lowest BCUT2D eigenvalue weighted by atomic mass is 10.2. The highest BCUT2D eigenvalue weighted by Gasteiger charge is 2.40. The fourth-order valence-corrected chi connectivity index (χ4v) is 5.32. The van der Waals surface area contributed by atoms with Gasteiger partial charge in [-0.3, -0.25) is 0 Å². The zero-order valence-electron chi connectivity index (χ0n) is 18.6. The van der Waals surface area contributed by atoms with Crippen molar-refractivity contribution in [1.29, 1.82) is 0 Å². The monoisotopic (exact) mass is 615 g/mol. The van der Waals surface area contributed by atoms with Crippen molar-refractivity contribution in [3.8, 4) is 17.1 Å². The minimum absolute atomic E-state index is 0.167. The summed E-state index contributed by atoms with van der Waals surface area (Å²) in [6, 6.07) is 14.6. The average Bonchev–Trinajstić information content (AvgIpc) is 2.84. The predicted molar refractivity (Wildman–Crippen MR) is 141 cm³/mol. The van der Waals surface area contributed by atoms with E-state index < -0.39 is 16.4 Å². The van der Waals surface area contributed by atoms with Crippen LogP contribution in [0.5, 0.6) is 5.75 Å². The van der Waals surface area contributed by atoms with Gasteiger partial charge in [0.25, 0.3) is 0 Å². The van der Waals surface area contributed by atoms with Crippen molar-refractivity contribution in [3.05, 3.63) is 65.7 Å². The van der Waals surface area contributed by atoms with Crippen molar-refractivity contribution in [3.63, 3.8) is 0 Å². The lowest BCUT2D eigenvalue weighted by Crippen LogP contribution is -2.54. The molecule has 14 heteroatoms. The fraction of sp³-hybridized carbons (Fsp3) is 0.286. The molecule has 0 saturated carbocycles. The molecule has 0 aliphatic heterocycles. The molecule has 0 radical (unpaired) electrons. The number of ether oxygens (including phenoxy) is 1. The van der Waals surface area contributed by atoms with Crippen LogP contribution < -0.4 is 9.92 Å². The zero-order chi connectivity index (χ0) is 25.9. The van der Waals surface area contributed by atoms with E-state index in [0.717, 1.165) is 10.8 Å². The molecule has 3 aromatic rings. The Morgan fingerprint density at radius 1 is 0.686 bits per heavy atom. The van der Waals surface area contributed by atoms with Crippen LogP contribution >= 0.6 is 69.6 Å². The first kappa shape index (κ1) is 28.7. The zero-order valence-corrected chi connectivity index (χ0v) is 24.1. The van der Waals surface area contributed by atoms with Gasteiger partial charge in [-0.15, -0.1) is 0 Å². The van der Waals surface area contributed by atoms with Gasteiger partial charge in [0.15, 0.2) is 17.5 Å². The Hall–Kier alpha value is -0.913. The molecule has 1 heterocycles. The Morgan fingerprint density at radius 2 is 1.17 bits per heavy atom. The van der Waals surface area contributed by atoms with Gasteiger partial charge in [0.2, 0.25) is 7.59 Å². The highest BCUT2D eigenvalue weighted by Crippen LogP contribution is 2.40. The number of hydrogen-bond acceptors (Lipinski definition) is 7. The van der Waals surface area contributed by atoms with Gasteiger partial charge in [-0.25, -0.2) is 15.0 Å². The van der Waals surface area contributed by atoms with E-state index in [0.29, 0.717) is 17.9 Å². The van der Waals surface area contributed by atoms with Crippen molar-refractivity contribution >= 4 is 83.6 Å². The number of benzene rings is 2. The molecule has 7 nitrogen and oxygen atoms in total.